The summed E-state index contributed by atoms with van der Waals surface area (Å²) in [5, 5.41) is 11.7. The first-order chi connectivity index (χ1) is 9.08. The Bertz CT molecular complexity index is 309. The Hall–Kier alpha value is -1.30. The number of urea groups is 1. The summed E-state index contributed by atoms with van der Waals surface area (Å²) >= 11 is 0. The number of carboxylic acids is 1. The van der Waals surface area contributed by atoms with Gasteiger partial charge in [-0.05, 0) is 12.8 Å². The molecule has 0 aromatic rings. The van der Waals surface area contributed by atoms with Gasteiger partial charge in [0.1, 0.15) is 0 Å². The summed E-state index contributed by atoms with van der Waals surface area (Å²) in [6, 6.07) is -0.166. The lowest BCUT2D eigenvalue weighted by atomic mass is 10.0. The Balaban J connectivity index is 2.33. The molecule has 2 atom stereocenters. The maximum Gasteiger partial charge on any atom is 0.317 e. The number of likely N-dealkylation sites (tertiary alicyclic amines) is 1. The summed E-state index contributed by atoms with van der Waals surface area (Å²) in [6.07, 6.45) is 2.33. The van der Waals surface area contributed by atoms with Crippen LogP contribution in [0.4, 0.5) is 4.79 Å². The topological polar surface area (TPSA) is 78.9 Å². The van der Waals surface area contributed by atoms with Crippen molar-refractivity contribution in [3.8, 4) is 0 Å². The fraction of sp³-hybridized carbons (Fsp3) is 0.846. The SMILES string of the molecule is CCCC(CNC(=O)N1CCC(COC)C1)C(=O)O. The van der Waals surface area contributed by atoms with Gasteiger partial charge in [-0.25, -0.2) is 4.79 Å². The van der Waals surface area contributed by atoms with E-state index < -0.39 is 11.9 Å². The number of carboxylic acid groups (broad SMARTS) is 1. The normalized spacial score (nSPS) is 20.3. The minimum Gasteiger partial charge on any atom is -0.481 e. The van der Waals surface area contributed by atoms with Crippen LogP contribution in [-0.4, -0.2) is 55.4 Å². The third kappa shape index (κ3) is 5.06. The first-order valence-corrected chi connectivity index (χ1v) is 6.83. The van der Waals surface area contributed by atoms with E-state index in [1.807, 2.05) is 6.92 Å². The summed E-state index contributed by atoms with van der Waals surface area (Å²) in [5.41, 5.74) is 0. The first-order valence-electron chi connectivity index (χ1n) is 6.83. The number of rotatable bonds is 7. The molecule has 0 aromatic heterocycles. The van der Waals surface area contributed by atoms with Crippen molar-refractivity contribution in [2.45, 2.75) is 26.2 Å². The van der Waals surface area contributed by atoms with E-state index in [1.165, 1.54) is 0 Å². The van der Waals surface area contributed by atoms with Crippen LogP contribution in [0.2, 0.25) is 0 Å². The number of hydrogen-bond donors (Lipinski definition) is 2. The molecule has 0 saturated carbocycles. The number of nitrogens with one attached hydrogen (secondary N) is 1. The second-order valence-corrected chi connectivity index (χ2v) is 5.07. The van der Waals surface area contributed by atoms with Gasteiger partial charge in [-0.3, -0.25) is 4.79 Å². The number of carbonyl (C=O) groups excluding carboxylic acids is 1. The van der Waals surface area contributed by atoms with Crippen LogP contribution in [0, 0.1) is 11.8 Å². The lowest BCUT2D eigenvalue weighted by molar-refractivity contribution is -0.141. The zero-order valence-corrected chi connectivity index (χ0v) is 11.7. The van der Waals surface area contributed by atoms with Gasteiger partial charge >= 0.3 is 12.0 Å². The molecule has 2 N–H and O–H groups in total. The Morgan fingerprint density at radius 3 is 2.84 bits per heavy atom. The van der Waals surface area contributed by atoms with E-state index in [0.29, 0.717) is 32.0 Å². The molecule has 1 saturated heterocycles. The maximum atomic E-state index is 11.9. The molecule has 1 aliphatic heterocycles. The van der Waals surface area contributed by atoms with Crippen molar-refractivity contribution < 1.29 is 19.4 Å². The average molecular weight is 272 g/mol. The molecule has 0 aliphatic carbocycles. The van der Waals surface area contributed by atoms with Crippen molar-refractivity contribution in [1.29, 1.82) is 0 Å². The summed E-state index contributed by atoms with van der Waals surface area (Å²) in [5.74, 6) is -0.950. The monoisotopic (exact) mass is 272 g/mol. The van der Waals surface area contributed by atoms with Crippen molar-refractivity contribution in [3.05, 3.63) is 0 Å². The van der Waals surface area contributed by atoms with Crippen LogP contribution in [0.5, 0.6) is 0 Å². The molecule has 110 valence electrons. The fourth-order valence-electron chi connectivity index (χ4n) is 2.37. The Morgan fingerprint density at radius 1 is 1.53 bits per heavy atom. The van der Waals surface area contributed by atoms with Crippen LogP contribution in [0.3, 0.4) is 0 Å². The van der Waals surface area contributed by atoms with Gasteiger partial charge in [-0.2, -0.15) is 0 Å². The van der Waals surface area contributed by atoms with Crippen LogP contribution in [0.15, 0.2) is 0 Å². The largest absolute Gasteiger partial charge is 0.481 e. The van der Waals surface area contributed by atoms with Gasteiger partial charge in [0.05, 0.1) is 12.5 Å². The molecule has 1 fully saturated rings. The lowest BCUT2D eigenvalue weighted by Crippen LogP contribution is -2.42. The van der Waals surface area contributed by atoms with Crippen molar-refractivity contribution in [2.75, 3.05) is 33.4 Å². The molecular weight excluding hydrogens is 248 g/mol. The number of nitrogens with zero attached hydrogens (tertiary/aromatic N) is 1. The van der Waals surface area contributed by atoms with Gasteiger partial charge in [-0.1, -0.05) is 13.3 Å². The van der Waals surface area contributed by atoms with E-state index in [0.717, 1.165) is 12.8 Å². The summed E-state index contributed by atoms with van der Waals surface area (Å²) < 4.78 is 5.08. The number of aliphatic carboxylic acids is 1. The highest BCUT2D eigenvalue weighted by molar-refractivity contribution is 5.76. The molecule has 2 amide bonds. The van der Waals surface area contributed by atoms with E-state index >= 15 is 0 Å². The van der Waals surface area contributed by atoms with E-state index in [2.05, 4.69) is 5.32 Å². The third-order valence-corrected chi connectivity index (χ3v) is 3.46. The predicted octanol–water partition coefficient (Wildman–Crippen LogP) is 1.17. The van der Waals surface area contributed by atoms with Crippen LogP contribution in [-0.2, 0) is 9.53 Å². The molecule has 19 heavy (non-hydrogen) atoms. The van der Waals surface area contributed by atoms with E-state index in [1.54, 1.807) is 12.0 Å². The van der Waals surface area contributed by atoms with Crippen molar-refractivity contribution in [1.82, 2.24) is 10.2 Å². The smallest absolute Gasteiger partial charge is 0.317 e. The van der Waals surface area contributed by atoms with Crippen LogP contribution < -0.4 is 5.32 Å². The minimum atomic E-state index is -0.846. The Labute approximate surface area is 114 Å². The average Bonchev–Trinajstić information content (AvgIpc) is 2.83. The molecule has 6 heteroatoms. The van der Waals surface area contributed by atoms with Gasteiger partial charge in [0.2, 0.25) is 0 Å². The highest BCUT2D eigenvalue weighted by Crippen LogP contribution is 2.16. The van der Waals surface area contributed by atoms with Crippen LogP contribution >= 0.6 is 0 Å². The Morgan fingerprint density at radius 2 is 2.26 bits per heavy atom. The molecule has 0 radical (unpaired) electrons. The quantitative estimate of drug-likeness (QED) is 0.729. The van der Waals surface area contributed by atoms with Gasteiger partial charge in [-0.15, -0.1) is 0 Å². The van der Waals surface area contributed by atoms with Crippen molar-refractivity contribution in [3.63, 3.8) is 0 Å². The molecule has 0 aromatic carbocycles. The summed E-state index contributed by atoms with van der Waals surface area (Å²) in [7, 11) is 1.66. The van der Waals surface area contributed by atoms with Crippen molar-refractivity contribution >= 4 is 12.0 Å². The summed E-state index contributed by atoms with van der Waals surface area (Å²) in [6.45, 7) is 4.20. The van der Waals surface area contributed by atoms with Gasteiger partial charge < -0.3 is 20.1 Å². The van der Waals surface area contributed by atoms with Gasteiger partial charge in [0.25, 0.3) is 0 Å². The fourth-order valence-corrected chi connectivity index (χ4v) is 2.37. The standard InChI is InChI=1S/C13H24N2O4/c1-3-4-11(12(16)17)7-14-13(18)15-6-5-10(8-15)9-19-2/h10-11H,3-9H2,1-2H3,(H,14,18)(H,16,17). The zero-order chi connectivity index (χ0) is 14.3. The van der Waals surface area contributed by atoms with E-state index in [4.69, 9.17) is 9.84 Å². The van der Waals surface area contributed by atoms with Gasteiger partial charge in [0.15, 0.2) is 0 Å². The number of methoxy groups -OCH3 is 1. The molecule has 2 unspecified atom stereocenters. The number of ether oxygens (including phenoxy) is 1. The van der Waals surface area contributed by atoms with Crippen LogP contribution in [0.1, 0.15) is 26.2 Å². The van der Waals surface area contributed by atoms with Gasteiger partial charge in [0, 0.05) is 32.7 Å². The number of carbonyl (C=O) groups is 2. The lowest BCUT2D eigenvalue weighted by Gasteiger charge is -2.19. The number of hydrogen-bond acceptors (Lipinski definition) is 3. The van der Waals surface area contributed by atoms with E-state index in [-0.39, 0.29) is 12.6 Å². The predicted molar refractivity (Wildman–Crippen MR) is 71.0 cm³/mol. The number of amides is 2. The molecule has 0 bridgehead atoms. The second-order valence-electron chi connectivity index (χ2n) is 5.07. The third-order valence-electron chi connectivity index (χ3n) is 3.46. The molecule has 1 rings (SSSR count). The first kappa shape index (κ1) is 15.8. The maximum absolute atomic E-state index is 11.9. The highest BCUT2D eigenvalue weighted by Gasteiger charge is 2.27. The molecule has 1 heterocycles. The minimum absolute atomic E-state index is 0.166. The zero-order valence-electron chi connectivity index (χ0n) is 11.7. The summed E-state index contributed by atoms with van der Waals surface area (Å²) in [4.78, 5) is 24.6. The Kier molecular flexibility index (Phi) is 6.62. The van der Waals surface area contributed by atoms with E-state index in [9.17, 15) is 9.59 Å². The van der Waals surface area contributed by atoms with Crippen molar-refractivity contribution in [2.24, 2.45) is 11.8 Å². The molecule has 0 spiro atoms. The molecule has 6 nitrogen and oxygen atoms in total. The molecular formula is C13H24N2O4. The van der Waals surface area contributed by atoms with Crippen LogP contribution in [0.25, 0.3) is 0 Å². The second kappa shape index (κ2) is 7.99. The molecule has 1 aliphatic rings. The highest BCUT2D eigenvalue weighted by atomic mass is 16.5.